The minimum atomic E-state index is -0.433. The Labute approximate surface area is 153 Å². The summed E-state index contributed by atoms with van der Waals surface area (Å²) in [6, 6.07) is 8.29. The van der Waals surface area contributed by atoms with Gasteiger partial charge >= 0.3 is 5.69 Å². The molecule has 3 aromatic rings. The predicted molar refractivity (Wildman–Crippen MR) is 99.6 cm³/mol. The van der Waals surface area contributed by atoms with Crippen molar-refractivity contribution in [2.45, 2.75) is 31.9 Å². The first kappa shape index (κ1) is 16.9. The second-order valence-corrected chi connectivity index (χ2v) is 7.23. The van der Waals surface area contributed by atoms with Crippen LogP contribution in [-0.2, 0) is 11.3 Å². The van der Waals surface area contributed by atoms with Gasteiger partial charge < -0.3 is 4.74 Å². The molecule has 4 rings (SSSR count). The maximum Gasteiger partial charge on any atom is 0.348 e. The lowest BCUT2D eigenvalue weighted by atomic mass is 10.1. The van der Waals surface area contributed by atoms with Crippen molar-refractivity contribution in [1.29, 1.82) is 0 Å². The maximum absolute atomic E-state index is 12.7. The normalized spacial score (nSPS) is 17.5. The zero-order valence-electron chi connectivity index (χ0n) is 14.0. The van der Waals surface area contributed by atoms with E-state index in [4.69, 9.17) is 4.74 Å². The van der Waals surface area contributed by atoms with Gasteiger partial charge in [-0.05, 0) is 36.8 Å². The minimum Gasteiger partial charge on any atom is -0.376 e. The fraction of sp³-hybridized carbons (Fsp3) is 0.333. The van der Waals surface area contributed by atoms with Crippen LogP contribution in [0.5, 0.6) is 0 Å². The molecule has 0 amide bonds. The number of hydrogen-bond donors (Lipinski definition) is 0. The molecule has 7 nitrogen and oxygen atoms in total. The van der Waals surface area contributed by atoms with Gasteiger partial charge in [0.15, 0.2) is 0 Å². The highest BCUT2D eigenvalue weighted by molar-refractivity contribution is 7.13. The van der Waals surface area contributed by atoms with Gasteiger partial charge in [-0.15, -0.1) is 11.3 Å². The number of fused-ring (bicyclic) bond motifs is 1. The Balaban J connectivity index is 1.90. The van der Waals surface area contributed by atoms with Crippen molar-refractivity contribution in [3.8, 4) is 10.6 Å². The van der Waals surface area contributed by atoms with Crippen LogP contribution in [0.2, 0.25) is 0 Å². The first-order valence-corrected chi connectivity index (χ1v) is 9.36. The fourth-order valence-electron chi connectivity index (χ4n) is 3.31. The Morgan fingerprint density at radius 3 is 2.92 bits per heavy atom. The molecular weight excluding hydrogens is 354 g/mol. The van der Waals surface area contributed by atoms with Crippen LogP contribution in [0.3, 0.4) is 0 Å². The van der Waals surface area contributed by atoms with Crippen molar-refractivity contribution in [2.24, 2.45) is 0 Å². The summed E-state index contributed by atoms with van der Waals surface area (Å²) in [7, 11) is 0. The summed E-state index contributed by atoms with van der Waals surface area (Å²) in [6.45, 7) is 1.11. The Bertz CT molecular complexity index is 1010. The highest BCUT2D eigenvalue weighted by Crippen LogP contribution is 2.31. The van der Waals surface area contributed by atoms with E-state index in [1.54, 1.807) is 10.6 Å². The summed E-state index contributed by atoms with van der Waals surface area (Å²) in [6.07, 6.45) is 2.97. The lowest BCUT2D eigenvalue weighted by molar-refractivity contribution is -0.384. The van der Waals surface area contributed by atoms with E-state index in [-0.39, 0.29) is 17.5 Å². The molecule has 0 aliphatic carbocycles. The van der Waals surface area contributed by atoms with Crippen LogP contribution in [0, 0.1) is 10.1 Å². The Morgan fingerprint density at radius 2 is 2.23 bits per heavy atom. The lowest BCUT2D eigenvalue weighted by Crippen LogP contribution is -2.32. The van der Waals surface area contributed by atoms with Crippen molar-refractivity contribution >= 4 is 27.9 Å². The number of nitro groups is 1. The van der Waals surface area contributed by atoms with E-state index in [9.17, 15) is 14.9 Å². The first-order valence-electron chi connectivity index (χ1n) is 8.48. The van der Waals surface area contributed by atoms with E-state index in [2.05, 4.69) is 4.98 Å². The molecule has 1 atom stereocenters. The van der Waals surface area contributed by atoms with E-state index in [0.717, 1.165) is 24.1 Å². The number of non-ortho nitro benzene ring substituents is 1. The van der Waals surface area contributed by atoms with Crippen LogP contribution in [0.25, 0.3) is 21.5 Å². The second-order valence-electron chi connectivity index (χ2n) is 6.28. The van der Waals surface area contributed by atoms with E-state index in [1.807, 2.05) is 17.5 Å². The number of rotatable bonds is 4. The molecule has 1 unspecified atom stereocenters. The van der Waals surface area contributed by atoms with Gasteiger partial charge in [0.2, 0.25) is 0 Å². The SMILES string of the molecule is O=c1nc(-c2cccs2)c2cc([N+](=O)[O-])ccc2n1CC1CCCCO1. The average Bonchev–Trinajstić information content (AvgIpc) is 3.18. The van der Waals surface area contributed by atoms with Crippen LogP contribution in [-0.4, -0.2) is 27.2 Å². The molecule has 134 valence electrons. The third-order valence-corrected chi connectivity index (χ3v) is 5.47. The summed E-state index contributed by atoms with van der Waals surface area (Å²) in [5.74, 6) is 0. The van der Waals surface area contributed by atoms with E-state index < -0.39 is 4.92 Å². The Kier molecular flexibility index (Phi) is 4.52. The predicted octanol–water partition coefficient (Wildman–Crippen LogP) is 3.60. The molecule has 26 heavy (non-hydrogen) atoms. The van der Waals surface area contributed by atoms with Crippen molar-refractivity contribution in [3.05, 3.63) is 56.3 Å². The van der Waals surface area contributed by atoms with Crippen molar-refractivity contribution in [1.82, 2.24) is 9.55 Å². The van der Waals surface area contributed by atoms with Crippen LogP contribution in [0.4, 0.5) is 5.69 Å². The molecule has 1 aromatic carbocycles. The monoisotopic (exact) mass is 371 g/mol. The van der Waals surface area contributed by atoms with Gasteiger partial charge in [-0.25, -0.2) is 4.79 Å². The van der Waals surface area contributed by atoms with Gasteiger partial charge in [0, 0.05) is 24.1 Å². The molecule has 0 radical (unpaired) electrons. The van der Waals surface area contributed by atoms with Crippen molar-refractivity contribution in [3.63, 3.8) is 0 Å². The van der Waals surface area contributed by atoms with Gasteiger partial charge in [0.05, 0.1) is 33.7 Å². The maximum atomic E-state index is 12.7. The molecule has 0 N–H and O–H groups in total. The van der Waals surface area contributed by atoms with Gasteiger partial charge in [0.1, 0.15) is 0 Å². The molecule has 1 fully saturated rings. The van der Waals surface area contributed by atoms with E-state index in [1.165, 1.54) is 23.5 Å². The summed E-state index contributed by atoms with van der Waals surface area (Å²) in [5.41, 5.74) is 0.762. The standard InChI is InChI=1S/C18H17N3O4S/c22-18-19-17(16-5-3-9-26-16)14-10-12(21(23)24)6-7-15(14)20(18)11-13-4-1-2-8-25-13/h3,5-7,9-10,13H,1-2,4,8,11H2. The lowest BCUT2D eigenvalue weighted by Gasteiger charge is -2.24. The van der Waals surface area contributed by atoms with Crippen LogP contribution in [0.15, 0.2) is 40.5 Å². The highest BCUT2D eigenvalue weighted by Gasteiger charge is 2.20. The topological polar surface area (TPSA) is 87.3 Å². The number of benzene rings is 1. The molecule has 0 spiro atoms. The largest absolute Gasteiger partial charge is 0.376 e. The fourth-order valence-corrected chi connectivity index (χ4v) is 4.04. The molecule has 0 saturated carbocycles. The first-order chi connectivity index (χ1) is 12.6. The number of nitrogens with zero attached hydrogens (tertiary/aromatic N) is 3. The van der Waals surface area contributed by atoms with Crippen molar-refractivity contribution in [2.75, 3.05) is 6.61 Å². The Morgan fingerprint density at radius 1 is 1.35 bits per heavy atom. The van der Waals surface area contributed by atoms with Gasteiger partial charge in [0.25, 0.3) is 5.69 Å². The molecule has 0 bridgehead atoms. The number of thiophene rings is 1. The Hall–Kier alpha value is -2.58. The van der Waals surface area contributed by atoms with Crippen LogP contribution in [0.1, 0.15) is 19.3 Å². The minimum absolute atomic E-state index is 0.0174. The molecule has 1 aliphatic heterocycles. The summed E-state index contributed by atoms with van der Waals surface area (Å²) >= 11 is 1.45. The molecule has 1 saturated heterocycles. The quantitative estimate of drug-likeness (QED) is 0.516. The zero-order valence-corrected chi connectivity index (χ0v) is 14.8. The molecule has 1 aliphatic rings. The number of ether oxygens (including phenoxy) is 1. The molecular formula is C18H17N3O4S. The molecule has 8 heteroatoms. The molecule has 3 heterocycles. The summed E-state index contributed by atoms with van der Waals surface area (Å²) in [5, 5.41) is 13.7. The van der Waals surface area contributed by atoms with E-state index in [0.29, 0.717) is 29.7 Å². The third kappa shape index (κ3) is 3.13. The van der Waals surface area contributed by atoms with Gasteiger partial charge in [-0.3, -0.25) is 14.7 Å². The third-order valence-electron chi connectivity index (χ3n) is 4.59. The summed E-state index contributed by atoms with van der Waals surface area (Å²) in [4.78, 5) is 28.5. The van der Waals surface area contributed by atoms with E-state index >= 15 is 0 Å². The van der Waals surface area contributed by atoms with Gasteiger partial charge in [-0.2, -0.15) is 4.98 Å². The van der Waals surface area contributed by atoms with Crippen molar-refractivity contribution < 1.29 is 9.66 Å². The highest BCUT2D eigenvalue weighted by atomic mass is 32.1. The second kappa shape index (κ2) is 6.97. The van der Waals surface area contributed by atoms with Crippen LogP contribution >= 0.6 is 11.3 Å². The molecule has 2 aromatic heterocycles. The zero-order chi connectivity index (χ0) is 18.1. The number of aromatic nitrogens is 2. The van der Waals surface area contributed by atoms with Crippen LogP contribution < -0.4 is 5.69 Å². The van der Waals surface area contributed by atoms with Gasteiger partial charge in [-0.1, -0.05) is 6.07 Å². The summed E-state index contributed by atoms with van der Waals surface area (Å²) < 4.78 is 7.33. The number of hydrogen-bond acceptors (Lipinski definition) is 6. The number of nitro benzene ring substituents is 1. The average molecular weight is 371 g/mol. The smallest absolute Gasteiger partial charge is 0.348 e.